The normalized spacial score (nSPS) is 10.9. The summed E-state index contributed by atoms with van der Waals surface area (Å²) in [6.07, 6.45) is 5.67. The molecule has 0 aliphatic heterocycles. The van der Waals surface area contributed by atoms with Crippen molar-refractivity contribution in [3.8, 4) is 17.2 Å². The molecule has 1 aromatic heterocycles. The molecule has 0 atom stereocenters. The molecular formula is C20H20N4O3. The molecule has 3 rings (SSSR count). The lowest BCUT2D eigenvalue weighted by Crippen LogP contribution is -2.00. The zero-order chi connectivity index (χ0) is 19.1. The lowest BCUT2D eigenvalue weighted by atomic mass is 10.1. The van der Waals surface area contributed by atoms with E-state index in [0.29, 0.717) is 23.7 Å². The number of ether oxygens (including phenoxy) is 2. The SMILES string of the molecule is CCCOc1cc(/C=C/C(=O)c2cccc(-n3cnnn3)c2)ccc1OC. The Morgan fingerprint density at radius 1 is 1.19 bits per heavy atom. The van der Waals surface area contributed by atoms with E-state index in [4.69, 9.17) is 9.47 Å². The number of carbonyl (C=O) groups excluding carboxylic acids is 1. The molecule has 0 bridgehead atoms. The molecule has 7 heteroatoms. The van der Waals surface area contributed by atoms with Crippen LogP contribution in [0, 0.1) is 0 Å². The van der Waals surface area contributed by atoms with Gasteiger partial charge in [-0.2, -0.15) is 0 Å². The molecule has 0 amide bonds. The summed E-state index contributed by atoms with van der Waals surface area (Å²) in [5.74, 6) is 1.22. The molecule has 0 aliphatic rings. The van der Waals surface area contributed by atoms with E-state index in [0.717, 1.165) is 17.7 Å². The van der Waals surface area contributed by atoms with Crippen molar-refractivity contribution in [3.63, 3.8) is 0 Å². The van der Waals surface area contributed by atoms with E-state index in [1.54, 1.807) is 31.4 Å². The standard InChI is InChI=1S/C20H20N4O3/c1-3-11-27-20-12-15(8-10-19(20)26-2)7-9-18(25)16-5-4-6-17(13-16)24-14-21-22-23-24/h4-10,12-14H,3,11H2,1-2H3/b9-7+. The van der Waals surface area contributed by atoms with Crippen LogP contribution in [0.4, 0.5) is 0 Å². The van der Waals surface area contributed by atoms with Crippen molar-refractivity contribution in [1.29, 1.82) is 0 Å². The summed E-state index contributed by atoms with van der Waals surface area (Å²) >= 11 is 0. The monoisotopic (exact) mass is 364 g/mol. The van der Waals surface area contributed by atoms with Gasteiger partial charge in [-0.05, 0) is 52.8 Å². The number of rotatable bonds is 8. The smallest absolute Gasteiger partial charge is 0.185 e. The fourth-order valence-electron chi connectivity index (χ4n) is 2.47. The molecular weight excluding hydrogens is 344 g/mol. The molecule has 0 saturated heterocycles. The van der Waals surface area contributed by atoms with E-state index in [-0.39, 0.29) is 5.78 Å². The average molecular weight is 364 g/mol. The van der Waals surface area contributed by atoms with Gasteiger partial charge in [-0.25, -0.2) is 4.68 Å². The summed E-state index contributed by atoms with van der Waals surface area (Å²) in [6, 6.07) is 12.7. The molecule has 1 heterocycles. The fourth-order valence-corrected chi connectivity index (χ4v) is 2.47. The zero-order valence-corrected chi connectivity index (χ0v) is 15.2. The number of aromatic nitrogens is 4. The van der Waals surface area contributed by atoms with Gasteiger partial charge >= 0.3 is 0 Å². The fraction of sp³-hybridized carbons (Fsp3) is 0.200. The Morgan fingerprint density at radius 3 is 2.81 bits per heavy atom. The highest BCUT2D eigenvalue weighted by atomic mass is 16.5. The quantitative estimate of drug-likeness (QED) is 0.450. The maximum atomic E-state index is 12.5. The van der Waals surface area contributed by atoms with Gasteiger partial charge < -0.3 is 9.47 Å². The van der Waals surface area contributed by atoms with Crippen molar-refractivity contribution in [3.05, 3.63) is 66.0 Å². The zero-order valence-electron chi connectivity index (χ0n) is 15.2. The lowest BCUT2D eigenvalue weighted by Gasteiger charge is -2.10. The first-order valence-corrected chi connectivity index (χ1v) is 8.58. The van der Waals surface area contributed by atoms with Crippen LogP contribution in [0.2, 0.25) is 0 Å². The van der Waals surface area contributed by atoms with Gasteiger partial charge in [0.25, 0.3) is 0 Å². The Kier molecular flexibility index (Phi) is 5.94. The topological polar surface area (TPSA) is 79.1 Å². The predicted molar refractivity (Wildman–Crippen MR) is 101 cm³/mol. The maximum absolute atomic E-state index is 12.5. The van der Waals surface area contributed by atoms with Crippen LogP contribution in [-0.2, 0) is 0 Å². The van der Waals surface area contributed by atoms with E-state index >= 15 is 0 Å². The van der Waals surface area contributed by atoms with Crippen LogP contribution in [0.3, 0.4) is 0 Å². The van der Waals surface area contributed by atoms with Crippen LogP contribution in [0.15, 0.2) is 54.9 Å². The Morgan fingerprint density at radius 2 is 2.07 bits per heavy atom. The van der Waals surface area contributed by atoms with Crippen LogP contribution >= 0.6 is 0 Å². The molecule has 0 fully saturated rings. The van der Waals surface area contributed by atoms with Gasteiger partial charge in [-0.3, -0.25) is 4.79 Å². The van der Waals surface area contributed by atoms with Crippen molar-refractivity contribution >= 4 is 11.9 Å². The number of carbonyl (C=O) groups is 1. The molecule has 0 spiro atoms. The van der Waals surface area contributed by atoms with E-state index in [9.17, 15) is 4.79 Å². The van der Waals surface area contributed by atoms with E-state index in [1.807, 2.05) is 31.2 Å². The highest BCUT2D eigenvalue weighted by molar-refractivity contribution is 6.07. The number of allylic oxidation sites excluding steroid dienone is 1. The van der Waals surface area contributed by atoms with Gasteiger partial charge in [0, 0.05) is 5.56 Å². The molecule has 7 nitrogen and oxygen atoms in total. The van der Waals surface area contributed by atoms with Gasteiger partial charge in [-0.15, -0.1) is 5.10 Å². The highest BCUT2D eigenvalue weighted by Gasteiger charge is 2.07. The van der Waals surface area contributed by atoms with Crippen LogP contribution in [0.1, 0.15) is 29.3 Å². The van der Waals surface area contributed by atoms with Crippen molar-refractivity contribution in [2.75, 3.05) is 13.7 Å². The van der Waals surface area contributed by atoms with Crippen molar-refractivity contribution in [2.24, 2.45) is 0 Å². The second-order valence-electron chi connectivity index (χ2n) is 5.76. The minimum atomic E-state index is -0.114. The third kappa shape index (κ3) is 4.58. The average Bonchev–Trinajstić information content (AvgIpc) is 3.25. The van der Waals surface area contributed by atoms with E-state index in [2.05, 4.69) is 15.5 Å². The third-order valence-electron chi connectivity index (χ3n) is 3.82. The van der Waals surface area contributed by atoms with Gasteiger partial charge in [0.1, 0.15) is 6.33 Å². The highest BCUT2D eigenvalue weighted by Crippen LogP contribution is 2.28. The summed E-state index contributed by atoms with van der Waals surface area (Å²) in [5.41, 5.74) is 2.13. The number of nitrogens with zero attached hydrogens (tertiary/aromatic N) is 4. The molecule has 0 N–H and O–H groups in total. The molecule has 0 radical (unpaired) electrons. The Balaban J connectivity index is 1.78. The van der Waals surface area contributed by atoms with Crippen LogP contribution < -0.4 is 9.47 Å². The van der Waals surface area contributed by atoms with Crippen LogP contribution in [0.25, 0.3) is 11.8 Å². The minimum absolute atomic E-state index is 0.114. The molecule has 0 aliphatic carbocycles. The summed E-state index contributed by atoms with van der Waals surface area (Å²) in [6.45, 7) is 2.64. The van der Waals surface area contributed by atoms with Crippen LogP contribution in [0.5, 0.6) is 11.5 Å². The van der Waals surface area contributed by atoms with E-state index in [1.165, 1.54) is 17.1 Å². The number of hydrogen-bond donors (Lipinski definition) is 0. The first-order chi connectivity index (χ1) is 13.2. The molecule has 0 saturated carbocycles. The van der Waals surface area contributed by atoms with Crippen molar-refractivity contribution < 1.29 is 14.3 Å². The third-order valence-corrected chi connectivity index (χ3v) is 3.82. The van der Waals surface area contributed by atoms with Crippen molar-refractivity contribution in [1.82, 2.24) is 20.2 Å². The summed E-state index contributed by atoms with van der Waals surface area (Å²) < 4.78 is 12.5. The molecule has 0 unspecified atom stereocenters. The van der Waals surface area contributed by atoms with Gasteiger partial charge in [-0.1, -0.05) is 31.2 Å². The number of ketones is 1. The number of methoxy groups -OCH3 is 1. The predicted octanol–water partition coefficient (Wildman–Crippen LogP) is 3.36. The molecule has 3 aromatic rings. The lowest BCUT2D eigenvalue weighted by molar-refractivity contribution is 0.104. The largest absolute Gasteiger partial charge is 0.493 e. The molecule has 138 valence electrons. The van der Waals surface area contributed by atoms with Gasteiger partial charge in [0.15, 0.2) is 17.3 Å². The Hall–Kier alpha value is -3.48. The molecule has 2 aromatic carbocycles. The first-order valence-electron chi connectivity index (χ1n) is 8.58. The number of tetrazole rings is 1. The minimum Gasteiger partial charge on any atom is -0.493 e. The Labute approximate surface area is 157 Å². The number of hydrogen-bond acceptors (Lipinski definition) is 6. The first kappa shape index (κ1) is 18.3. The van der Waals surface area contributed by atoms with Crippen LogP contribution in [-0.4, -0.2) is 39.7 Å². The van der Waals surface area contributed by atoms with E-state index < -0.39 is 0 Å². The second-order valence-corrected chi connectivity index (χ2v) is 5.76. The summed E-state index contributed by atoms with van der Waals surface area (Å²) in [4.78, 5) is 12.5. The summed E-state index contributed by atoms with van der Waals surface area (Å²) in [5, 5.41) is 11.0. The number of benzene rings is 2. The van der Waals surface area contributed by atoms with Gasteiger partial charge in [0.05, 0.1) is 19.4 Å². The van der Waals surface area contributed by atoms with Crippen molar-refractivity contribution in [2.45, 2.75) is 13.3 Å². The summed E-state index contributed by atoms with van der Waals surface area (Å²) in [7, 11) is 1.60. The van der Waals surface area contributed by atoms with Gasteiger partial charge in [0.2, 0.25) is 0 Å². The molecule has 27 heavy (non-hydrogen) atoms. The maximum Gasteiger partial charge on any atom is 0.185 e. The second kappa shape index (κ2) is 8.75. The Bertz CT molecular complexity index is 936.